The highest BCUT2D eigenvalue weighted by Crippen LogP contribution is 2.42. The third-order valence-electron chi connectivity index (χ3n) is 1.77. The maximum Gasteiger partial charge on any atom is 0.114 e. The SMILES string of the molecule is CC12C=CC(Br)=CC1O2. The molecule has 0 spiro atoms. The highest BCUT2D eigenvalue weighted by atomic mass is 79.9. The molecule has 1 nitrogen and oxygen atoms in total. The third-order valence-corrected chi connectivity index (χ3v) is 2.30. The molecule has 0 aromatic heterocycles. The van der Waals surface area contributed by atoms with E-state index >= 15 is 0 Å². The van der Waals surface area contributed by atoms with Gasteiger partial charge in [0.2, 0.25) is 0 Å². The van der Waals surface area contributed by atoms with Gasteiger partial charge in [0.1, 0.15) is 11.7 Å². The van der Waals surface area contributed by atoms with Crippen LogP contribution in [0.5, 0.6) is 0 Å². The maximum atomic E-state index is 5.34. The van der Waals surface area contributed by atoms with Gasteiger partial charge < -0.3 is 4.74 Å². The van der Waals surface area contributed by atoms with Crippen LogP contribution in [-0.2, 0) is 4.74 Å². The zero-order chi connectivity index (χ0) is 6.48. The lowest BCUT2D eigenvalue weighted by Gasteiger charge is -2.00. The van der Waals surface area contributed by atoms with Crippen molar-refractivity contribution in [3.63, 3.8) is 0 Å². The molecule has 1 heterocycles. The van der Waals surface area contributed by atoms with E-state index in [0.29, 0.717) is 6.10 Å². The van der Waals surface area contributed by atoms with Crippen molar-refractivity contribution < 1.29 is 4.74 Å². The van der Waals surface area contributed by atoms with Crippen LogP contribution in [0.15, 0.2) is 22.7 Å². The van der Waals surface area contributed by atoms with Crippen molar-refractivity contribution in [2.24, 2.45) is 0 Å². The van der Waals surface area contributed by atoms with E-state index in [1.54, 1.807) is 0 Å². The topological polar surface area (TPSA) is 12.5 Å². The standard InChI is InChI=1S/C7H7BrO/c1-7-3-2-5(8)4-6(7)9-7/h2-4,6H,1H3. The quantitative estimate of drug-likeness (QED) is 0.528. The van der Waals surface area contributed by atoms with Gasteiger partial charge in [0.25, 0.3) is 0 Å². The summed E-state index contributed by atoms with van der Waals surface area (Å²) in [6.07, 6.45) is 6.53. The summed E-state index contributed by atoms with van der Waals surface area (Å²) in [4.78, 5) is 0. The molecule has 0 amide bonds. The van der Waals surface area contributed by atoms with Crippen LogP contribution in [0.1, 0.15) is 6.92 Å². The summed E-state index contributed by atoms with van der Waals surface area (Å²) < 4.78 is 6.47. The first-order valence-corrected chi connectivity index (χ1v) is 3.74. The minimum atomic E-state index is 0.0390. The van der Waals surface area contributed by atoms with E-state index < -0.39 is 0 Å². The Labute approximate surface area is 62.5 Å². The average Bonchev–Trinajstić information content (AvgIpc) is 2.41. The summed E-state index contributed by atoms with van der Waals surface area (Å²) in [7, 11) is 0. The van der Waals surface area contributed by atoms with Gasteiger partial charge in [-0.15, -0.1) is 0 Å². The second kappa shape index (κ2) is 1.50. The van der Waals surface area contributed by atoms with Crippen LogP contribution < -0.4 is 0 Å². The lowest BCUT2D eigenvalue weighted by atomic mass is 10.0. The molecule has 2 aliphatic rings. The Balaban J connectivity index is 2.31. The molecule has 48 valence electrons. The highest BCUT2D eigenvalue weighted by molar-refractivity contribution is 9.11. The molecule has 2 rings (SSSR count). The monoisotopic (exact) mass is 186 g/mol. The van der Waals surface area contributed by atoms with Gasteiger partial charge in [-0.05, 0) is 25.2 Å². The van der Waals surface area contributed by atoms with Gasteiger partial charge in [-0.1, -0.05) is 15.9 Å². The molecule has 1 aliphatic carbocycles. The molecule has 0 saturated carbocycles. The molecular weight excluding hydrogens is 180 g/mol. The Morgan fingerprint density at radius 1 is 1.78 bits per heavy atom. The Morgan fingerprint density at radius 2 is 2.56 bits per heavy atom. The van der Waals surface area contributed by atoms with Gasteiger partial charge in [0.05, 0.1) is 0 Å². The first-order chi connectivity index (χ1) is 4.21. The van der Waals surface area contributed by atoms with E-state index in [4.69, 9.17) is 4.74 Å². The summed E-state index contributed by atoms with van der Waals surface area (Å²) in [5.74, 6) is 0. The van der Waals surface area contributed by atoms with Crippen molar-refractivity contribution in [1.82, 2.24) is 0 Å². The molecule has 1 saturated heterocycles. The van der Waals surface area contributed by atoms with Crippen LogP contribution in [0.25, 0.3) is 0 Å². The summed E-state index contributed by atoms with van der Waals surface area (Å²) in [5, 5.41) is 0. The molecule has 0 N–H and O–H groups in total. The lowest BCUT2D eigenvalue weighted by molar-refractivity contribution is 0.357. The van der Waals surface area contributed by atoms with Crippen LogP contribution in [0.3, 0.4) is 0 Å². The number of hydrogen-bond acceptors (Lipinski definition) is 1. The lowest BCUT2D eigenvalue weighted by Crippen LogP contribution is -2.05. The number of allylic oxidation sites excluding steroid dienone is 2. The van der Waals surface area contributed by atoms with E-state index in [-0.39, 0.29) is 5.60 Å². The summed E-state index contributed by atoms with van der Waals surface area (Å²) in [5.41, 5.74) is 0.0390. The Morgan fingerprint density at radius 3 is 3.11 bits per heavy atom. The van der Waals surface area contributed by atoms with Gasteiger partial charge in [-0.25, -0.2) is 0 Å². The molecule has 2 heteroatoms. The molecule has 1 fully saturated rings. The average molecular weight is 187 g/mol. The Bertz CT molecular complexity index is 207. The van der Waals surface area contributed by atoms with Gasteiger partial charge in [0, 0.05) is 4.48 Å². The number of hydrogen-bond donors (Lipinski definition) is 0. The first-order valence-electron chi connectivity index (χ1n) is 2.95. The van der Waals surface area contributed by atoms with Crippen molar-refractivity contribution >= 4 is 15.9 Å². The van der Waals surface area contributed by atoms with Gasteiger partial charge in [0.15, 0.2) is 0 Å². The molecule has 2 unspecified atom stereocenters. The molecular formula is C7H7BrO. The zero-order valence-electron chi connectivity index (χ0n) is 5.10. The molecule has 0 aromatic carbocycles. The Hall–Kier alpha value is -0.0800. The summed E-state index contributed by atoms with van der Waals surface area (Å²) >= 11 is 3.37. The van der Waals surface area contributed by atoms with Crippen molar-refractivity contribution in [1.29, 1.82) is 0 Å². The largest absolute Gasteiger partial charge is 0.357 e. The molecule has 0 bridgehead atoms. The fourth-order valence-corrected chi connectivity index (χ4v) is 1.39. The predicted molar refractivity (Wildman–Crippen MR) is 39.4 cm³/mol. The minimum absolute atomic E-state index is 0.0390. The number of ether oxygens (including phenoxy) is 1. The number of epoxide rings is 1. The maximum absolute atomic E-state index is 5.34. The second-order valence-electron chi connectivity index (χ2n) is 2.61. The molecule has 2 atom stereocenters. The van der Waals surface area contributed by atoms with Gasteiger partial charge in [-0.3, -0.25) is 0 Å². The molecule has 9 heavy (non-hydrogen) atoms. The van der Waals surface area contributed by atoms with Crippen LogP contribution >= 0.6 is 15.9 Å². The molecule has 1 aliphatic heterocycles. The summed E-state index contributed by atoms with van der Waals surface area (Å²) in [6.45, 7) is 2.09. The fourth-order valence-electron chi connectivity index (χ4n) is 1.02. The van der Waals surface area contributed by atoms with Crippen molar-refractivity contribution in [2.45, 2.75) is 18.6 Å². The van der Waals surface area contributed by atoms with E-state index in [1.165, 1.54) is 0 Å². The number of halogens is 1. The van der Waals surface area contributed by atoms with Crippen molar-refractivity contribution in [3.8, 4) is 0 Å². The molecule has 0 aromatic rings. The highest BCUT2D eigenvalue weighted by Gasteiger charge is 2.49. The summed E-state index contributed by atoms with van der Waals surface area (Å²) in [6, 6.07) is 0. The number of fused-ring (bicyclic) bond motifs is 1. The van der Waals surface area contributed by atoms with Gasteiger partial charge >= 0.3 is 0 Å². The zero-order valence-corrected chi connectivity index (χ0v) is 6.68. The Kier molecular flexibility index (Phi) is 0.945. The normalized spacial score (nSPS) is 46.0. The fraction of sp³-hybridized carbons (Fsp3) is 0.429. The third kappa shape index (κ3) is 0.775. The van der Waals surface area contributed by atoms with Crippen LogP contribution in [0.2, 0.25) is 0 Å². The van der Waals surface area contributed by atoms with Crippen LogP contribution in [0, 0.1) is 0 Å². The van der Waals surface area contributed by atoms with Crippen LogP contribution in [0.4, 0.5) is 0 Å². The van der Waals surface area contributed by atoms with Crippen molar-refractivity contribution in [2.75, 3.05) is 0 Å². The van der Waals surface area contributed by atoms with E-state index in [2.05, 4.69) is 35.0 Å². The minimum Gasteiger partial charge on any atom is -0.357 e. The van der Waals surface area contributed by atoms with E-state index in [0.717, 1.165) is 4.48 Å². The van der Waals surface area contributed by atoms with Crippen LogP contribution in [-0.4, -0.2) is 11.7 Å². The van der Waals surface area contributed by atoms with E-state index in [9.17, 15) is 0 Å². The van der Waals surface area contributed by atoms with Gasteiger partial charge in [-0.2, -0.15) is 0 Å². The predicted octanol–water partition coefficient (Wildman–Crippen LogP) is 1.99. The first kappa shape index (κ1) is 5.69. The second-order valence-corrected chi connectivity index (χ2v) is 3.52. The number of rotatable bonds is 0. The van der Waals surface area contributed by atoms with E-state index in [1.807, 2.05) is 6.08 Å². The molecule has 0 radical (unpaired) electrons. The smallest absolute Gasteiger partial charge is 0.114 e. The van der Waals surface area contributed by atoms with Crippen molar-refractivity contribution in [3.05, 3.63) is 22.7 Å².